The summed E-state index contributed by atoms with van der Waals surface area (Å²) < 4.78 is 10.3. The van der Waals surface area contributed by atoms with E-state index in [2.05, 4.69) is 0 Å². The highest BCUT2D eigenvalue weighted by atomic mass is 35.5. The molecule has 0 amide bonds. The third-order valence-corrected chi connectivity index (χ3v) is 3.41. The molecule has 0 saturated heterocycles. The van der Waals surface area contributed by atoms with Gasteiger partial charge < -0.3 is 9.47 Å². The van der Waals surface area contributed by atoms with E-state index in [9.17, 15) is 14.9 Å². The van der Waals surface area contributed by atoms with E-state index in [1.807, 2.05) is 0 Å². The Bertz CT molecular complexity index is 561. The van der Waals surface area contributed by atoms with Crippen LogP contribution in [0.4, 0.5) is 5.69 Å². The molecule has 102 valence electrons. The van der Waals surface area contributed by atoms with Crippen molar-refractivity contribution in [3.05, 3.63) is 31.8 Å². The second-order valence-corrected chi connectivity index (χ2v) is 4.79. The Hall–Kier alpha value is -1.53. The van der Waals surface area contributed by atoms with E-state index in [0.717, 1.165) is 0 Å². The molecule has 0 N–H and O–H groups in total. The number of carbonyl (C=O) groups excluding carboxylic acids is 1. The molecule has 1 aromatic rings. The van der Waals surface area contributed by atoms with E-state index in [-0.39, 0.29) is 34.5 Å². The lowest BCUT2D eigenvalue weighted by molar-refractivity contribution is -0.385. The minimum absolute atomic E-state index is 0.00904. The maximum absolute atomic E-state index is 11.0. The molecule has 0 aromatic heterocycles. The molecule has 2 rings (SSSR count). The van der Waals surface area contributed by atoms with Crippen LogP contribution in [0.3, 0.4) is 0 Å². The van der Waals surface area contributed by atoms with Gasteiger partial charge in [-0.05, 0) is 0 Å². The van der Waals surface area contributed by atoms with Gasteiger partial charge in [-0.25, -0.2) is 0 Å². The molecule has 0 bridgehead atoms. The predicted molar refractivity (Wildman–Crippen MR) is 67.9 cm³/mol. The van der Waals surface area contributed by atoms with Gasteiger partial charge in [-0.1, -0.05) is 23.2 Å². The van der Waals surface area contributed by atoms with E-state index in [4.69, 9.17) is 32.7 Å². The van der Waals surface area contributed by atoms with E-state index >= 15 is 0 Å². The van der Waals surface area contributed by atoms with Crippen molar-refractivity contribution in [1.82, 2.24) is 0 Å². The fourth-order valence-electron chi connectivity index (χ4n) is 1.85. The first-order valence-electron chi connectivity index (χ1n) is 5.35. The number of carbonyl (C=O) groups is 1. The first-order chi connectivity index (χ1) is 8.90. The zero-order valence-corrected chi connectivity index (χ0v) is 11.3. The molecule has 1 unspecified atom stereocenters. The second kappa shape index (κ2) is 5.22. The quantitative estimate of drug-likeness (QED) is 0.487. The summed E-state index contributed by atoms with van der Waals surface area (Å²) in [5, 5.41) is 11.1. The largest absolute Gasteiger partial charge is 0.484 e. The van der Waals surface area contributed by atoms with Crippen LogP contribution in [-0.4, -0.2) is 23.6 Å². The van der Waals surface area contributed by atoms with Crippen LogP contribution in [0.2, 0.25) is 10.0 Å². The number of nitro benzene ring substituents is 1. The number of hydrogen-bond donors (Lipinski definition) is 0. The van der Waals surface area contributed by atoms with Gasteiger partial charge in [0.15, 0.2) is 0 Å². The average Bonchev–Trinajstić information content (AvgIpc) is 2.75. The topological polar surface area (TPSA) is 78.7 Å². The van der Waals surface area contributed by atoms with Crippen LogP contribution in [0.5, 0.6) is 5.75 Å². The number of benzene rings is 1. The van der Waals surface area contributed by atoms with Gasteiger partial charge in [0.2, 0.25) is 0 Å². The normalized spacial score (nSPS) is 16.7. The summed E-state index contributed by atoms with van der Waals surface area (Å²) in [6.07, 6.45) is -0.246. The Kier molecular flexibility index (Phi) is 3.82. The van der Waals surface area contributed by atoms with Gasteiger partial charge in [-0.15, -0.1) is 0 Å². The molecule has 6 nitrogen and oxygen atoms in total. The number of rotatable bonds is 3. The monoisotopic (exact) mass is 305 g/mol. The van der Waals surface area contributed by atoms with Crippen LogP contribution in [0.25, 0.3) is 0 Å². The summed E-state index contributed by atoms with van der Waals surface area (Å²) in [5.41, 5.74) is 0.228. The lowest BCUT2D eigenvalue weighted by atomic mass is 10.1. The van der Waals surface area contributed by atoms with Gasteiger partial charge in [0.25, 0.3) is 5.69 Å². The van der Waals surface area contributed by atoms with Crippen molar-refractivity contribution in [3.63, 3.8) is 0 Å². The minimum atomic E-state index is -0.543. The molecular formula is C11H9Cl2NO5. The van der Waals surface area contributed by atoms with E-state index in [1.54, 1.807) is 0 Å². The van der Waals surface area contributed by atoms with Gasteiger partial charge in [0, 0.05) is 19.4 Å². The summed E-state index contributed by atoms with van der Waals surface area (Å²) in [4.78, 5) is 21.2. The van der Waals surface area contributed by atoms with Crippen LogP contribution in [0.1, 0.15) is 12.5 Å². The molecule has 0 fully saturated rings. The number of halogens is 2. The molecule has 1 aromatic carbocycles. The molecule has 0 spiro atoms. The lowest BCUT2D eigenvalue weighted by Gasteiger charge is -2.10. The van der Waals surface area contributed by atoms with Gasteiger partial charge in [0.05, 0.1) is 15.5 Å². The zero-order valence-electron chi connectivity index (χ0n) is 9.81. The molecule has 19 heavy (non-hydrogen) atoms. The Labute approximate surface area is 118 Å². The molecule has 1 atom stereocenters. The van der Waals surface area contributed by atoms with Gasteiger partial charge >= 0.3 is 5.97 Å². The van der Waals surface area contributed by atoms with Crippen LogP contribution >= 0.6 is 23.2 Å². The average molecular weight is 306 g/mol. The Balaban J connectivity index is 2.30. The summed E-state index contributed by atoms with van der Waals surface area (Å²) in [6.45, 7) is 1.28. The van der Waals surface area contributed by atoms with E-state index in [0.29, 0.717) is 5.56 Å². The van der Waals surface area contributed by atoms with Crippen molar-refractivity contribution in [2.75, 3.05) is 6.61 Å². The first kappa shape index (κ1) is 13.9. The molecule has 0 aliphatic carbocycles. The highest BCUT2D eigenvalue weighted by molar-refractivity contribution is 6.43. The van der Waals surface area contributed by atoms with Crippen molar-refractivity contribution >= 4 is 34.9 Å². The Morgan fingerprint density at radius 1 is 1.63 bits per heavy atom. The van der Waals surface area contributed by atoms with Gasteiger partial charge in [-0.3, -0.25) is 14.9 Å². The van der Waals surface area contributed by atoms with Crippen LogP contribution in [-0.2, 0) is 16.0 Å². The maximum Gasteiger partial charge on any atom is 0.302 e. The summed E-state index contributed by atoms with van der Waals surface area (Å²) in [6, 6.07) is 1.19. The highest BCUT2D eigenvalue weighted by Crippen LogP contribution is 2.45. The number of nitro groups is 1. The SMILES string of the molecule is CC(=O)OCC1Cc2c([N+](=O)[O-])cc(Cl)c(Cl)c2O1. The van der Waals surface area contributed by atoms with Crippen molar-refractivity contribution in [2.45, 2.75) is 19.4 Å². The zero-order chi connectivity index (χ0) is 14.2. The van der Waals surface area contributed by atoms with Gasteiger partial charge in [-0.2, -0.15) is 0 Å². The summed E-state index contributed by atoms with van der Waals surface area (Å²) in [5.74, 6) is -0.254. The number of fused-ring (bicyclic) bond motifs is 1. The Morgan fingerprint density at radius 2 is 2.32 bits per heavy atom. The molecular weight excluding hydrogens is 297 g/mol. The first-order valence-corrected chi connectivity index (χ1v) is 6.11. The molecule has 1 aliphatic heterocycles. The van der Waals surface area contributed by atoms with Crippen LogP contribution < -0.4 is 4.74 Å². The fourth-order valence-corrected chi connectivity index (χ4v) is 2.25. The standard InChI is InChI=1S/C11H9Cl2NO5/c1-5(15)18-4-6-2-7-9(14(16)17)3-8(12)10(13)11(7)19-6/h3,6H,2,4H2,1H3. The van der Waals surface area contributed by atoms with Crippen molar-refractivity contribution in [2.24, 2.45) is 0 Å². The molecule has 8 heteroatoms. The van der Waals surface area contributed by atoms with Gasteiger partial charge in [0.1, 0.15) is 23.5 Å². The van der Waals surface area contributed by atoms with Crippen LogP contribution in [0, 0.1) is 10.1 Å². The fraction of sp³-hybridized carbons (Fsp3) is 0.364. The number of ether oxygens (including phenoxy) is 2. The number of hydrogen-bond acceptors (Lipinski definition) is 5. The second-order valence-electron chi connectivity index (χ2n) is 4.00. The molecule has 1 heterocycles. The third kappa shape index (κ3) is 2.74. The Morgan fingerprint density at radius 3 is 2.89 bits per heavy atom. The predicted octanol–water partition coefficient (Wildman–Crippen LogP) is 2.77. The summed E-state index contributed by atoms with van der Waals surface area (Å²) in [7, 11) is 0. The van der Waals surface area contributed by atoms with Crippen molar-refractivity contribution in [3.8, 4) is 5.75 Å². The third-order valence-electron chi connectivity index (χ3n) is 2.64. The van der Waals surface area contributed by atoms with E-state index in [1.165, 1.54) is 13.0 Å². The molecule has 0 saturated carbocycles. The maximum atomic E-state index is 11.0. The van der Waals surface area contributed by atoms with Crippen LogP contribution in [0.15, 0.2) is 6.07 Å². The lowest BCUT2D eigenvalue weighted by Crippen LogP contribution is -2.21. The van der Waals surface area contributed by atoms with Crippen molar-refractivity contribution < 1.29 is 19.2 Å². The molecule has 1 aliphatic rings. The smallest absolute Gasteiger partial charge is 0.302 e. The number of esters is 1. The minimum Gasteiger partial charge on any atom is -0.484 e. The van der Waals surface area contributed by atoms with Crippen molar-refractivity contribution in [1.29, 1.82) is 0 Å². The highest BCUT2D eigenvalue weighted by Gasteiger charge is 2.34. The summed E-state index contributed by atoms with van der Waals surface area (Å²) >= 11 is 11.8. The van der Waals surface area contributed by atoms with E-state index < -0.39 is 17.0 Å². The number of nitrogens with zero attached hydrogens (tertiary/aromatic N) is 1. The molecule has 0 radical (unpaired) electrons.